The molecule has 1 heterocycles. The Balaban J connectivity index is 1.50. The van der Waals surface area contributed by atoms with Crippen molar-refractivity contribution in [2.24, 2.45) is 0 Å². The van der Waals surface area contributed by atoms with E-state index >= 15 is 0 Å². The molecule has 0 saturated carbocycles. The summed E-state index contributed by atoms with van der Waals surface area (Å²) in [5.74, 6) is -0.229. The molecule has 1 unspecified atom stereocenters. The van der Waals surface area contributed by atoms with E-state index in [1.807, 2.05) is 37.3 Å². The lowest BCUT2D eigenvalue weighted by Gasteiger charge is -2.13. The number of nitrogens with one attached hydrogen (secondary N) is 2. The summed E-state index contributed by atoms with van der Waals surface area (Å²) in [7, 11) is 0. The number of hydrogen-bond acceptors (Lipinski definition) is 6. The van der Waals surface area contributed by atoms with Crippen molar-refractivity contribution in [3.63, 3.8) is 0 Å². The van der Waals surface area contributed by atoms with Gasteiger partial charge in [0, 0.05) is 17.1 Å². The highest BCUT2D eigenvalue weighted by atomic mass is 35.5. The number of aromatic nitrogens is 2. The van der Waals surface area contributed by atoms with Gasteiger partial charge in [-0.2, -0.15) is 0 Å². The summed E-state index contributed by atoms with van der Waals surface area (Å²) >= 11 is 8.47. The van der Waals surface area contributed by atoms with Crippen LogP contribution in [0.3, 0.4) is 0 Å². The van der Waals surface area contributed by atoms with Gasteiger partial charge in [0.1, 0.15) is 0 Å². The van der Waals surface area contributed by atoms with Crippen LogP contribution in [-0.4, -0.2) is 27.3 Å². The number of rotatable bonds is 9. The molecule has 2 N–H and O–H groups in total. The van der Waals surface area contributed by atoms with Gasteiger partial charge in [-0.25, -0.2) is 0 Å². The van der Waals surface area contributed by atoms with Crippen molar-refractivity contribution in [2.45, 2.75) is 35.8 Å². The van der Waals surface area contributed by atoms with Crippen LogP contribution in [0.5, 0.6) is 0 Å². The maximum atomic E-state index is 12.6. The van der Waals surface area contributed by atoms with Crippen molar-refractivity contribution in [1.82, 2.24) is 10.2 Å². The minimum Gasteiger partial charge on any atom is -0.325 e. The molecule has 0 aliphatic carbocycles. The highest BCUT2D eigenvalue weighted by Gasteiger charge is 2.21. The van der Waals surface area contributed by atoms with Crippen molar-refractivity contribution in [1.29, 1.82) is 0 Å². The van der Waals surface area contributed by atoms with Gasteiger partial charge in [-0.05, 0) is 42.7 Å². The van der Waals surface area contributed by atoms with E-state index < -0.39 is 0 Å². The monoisotopic (exact) mass is 460 g/mol. The second kappa shape index (κ2) is 11.1. The SMILES string of the molecule is CCC(Sc1nnc(NC(=O)CCc2ccccc2)s1)C(=O)Nc1ccc(Cl)cc1. The number of benzene rings is 2. The van der Waals surface area contributed by atoms with Crippen LogP contribution < -0.4 is 10.6 Å². The Kier molecular flexibility index (Phi) is 8.24. The van der Waals surface area contributed by atoms with Gasteiger partial charge in [-0.3, -0.25) is 9.59 Å². The largest absolute Gasteiger partial charge is 0.325 e. The van der Waals surface area contributed by atoms with E-state index in [4.69, 9.17) is 11.6 Å². The minimum absolute atomic E-state index is 0.112. The molecule has 0 bridgehead atoms. The van der Waals surface area contributed by atoms with Crippen LogP contribution >= 0.6 is 34.7 Å². The Labute approximate surface area is 188 Å². The van der Waals surface area contributed by atoms with Crippen molar-refractivity contribution < 1.29 is 9.59 Å². The molecule has 0 radical (unpaired) electrons. The van der Waals surface area contributed by atoms with E-state index in [1.165, 1.54) is 23.1 Å². The molecular weight excluding hydrogens is 440 g/mol. The predicted molar refractivity (Wildman–Crippen MR) is 123 cm³/mol. The Morgan fingerprint density at radius 2 is 1.80 bits per heavy atom. The first-order valence-corrected chi connectivity index (χ1v) is 11.5. The number of amides is 2. The summed E-state index contributed by atoms with van der Waals surface area (Å²) in [5, 5.41) is 14.5. The van der Waals surface area contributed by atoms with Gasteiger partial charge in [0.2, 0.25) is 16.9 Å². The van der Waals surface area contributed by atoms with E-state index in [0.29, 0.717) is 39.4 Å². The smallest absolute Gasteiger partial charge is 0.237 e. The van der Waals surface area contributed by atoms with Crippen LogP contribution in [0.1, 0.15) is 25.3 Å². The summed E-state index contributed by atoms with van der Waals surface area (Å²) in [5.41, 5.74) is 1.80. The molecule has 156 valence electrons. The van der Waals surface area contributed by atoms with Crippen LogP contribution in [0.2, 0.25) is 5.02 Å². The zero-order valence-electron chi connectivity index (χ0n) is 16.3. The second-order valence-electron chi connectivity index (χ2n) is 6.42. The standard InChI is InChI=1S/C21H21ClN4O2S2/c1-2-17(19(28)23-16-11-9-15(22)10-12-16)29-21-26-25-20(30-21)24-18(27)13-8-14-6-4-3-5-7-14/h3-7,9-12,17H,2,8,13H2,1H3,(H,23,28)(H,24,25,27). The summed E-state index contributed by atoms with van der Waals surface area (Å²) < 4.78 is 0.631. The second-order valence-corrected chi connectivity index (χ2v) is 9.28. The summed E-state index contributed by atoms with van der Waals surface area (Å²) in [6.45, 7) is 1.94. The fourth-order valence-electron chi connectivity index (χ4n) is 2.59. The van der Waals surface area contributed by atoms with Crippen molar-refractivity contribution in [3.05, 3.63) is 65.2 Å². The third-order valence-electron chi connectivity index (χ3n) is 4.15. The fraction of sp³-hybridized carbons (Fsp3) is 0.238. The van der Waals surface area contributed by atoms with Gasteiger partial charge in [-0.1, -0.05) is 72.0 Å². The number of aryl methyl sites for hydroxylation is 1. The first kappa shape index (κ1) is 22.3. The molecule has 9 heteroatoms. The topological polar surface area (TPSA) is 84.0 Å². The van der Waals surface area contributed by atoms with Gasteiger partial charge in [0.05, 0.1) is 5.25 Å². The molecule has 30 heavy (non-hydrogen) atoms. The van der Waals surface area contributed by atoms with Crippen LogP contribution in [0.15, 0.2) is 58.9 Å². The Morgan fingerprint density at radius 1 is 1.07 bits per heavy atom. The first-order valence-electron chi connectivity index (χ1n) is 9.44. The molecule has 2 aromatic carbocycles. The molecule has 3 aromatic rings. The third kappa shape index (κ3) is 6.83. The van der Waals surface area contributed by atoms with Crippen molar-refractivity contribution in [3.8, 4) is 0 Å². The van der Waals surface area contributed by atoms with E-state index in [-0.39, 0.29) is 17.1 Å². The lowest BCUT2D eigenvalue weighted by molar-refractivity contribution is -0.116. The number of carbonyl (C=O) groups excluding carboxylic acids is 2. The molecule has 0 aliphatic rings. The summed E-state index contributed by atoms with van der Waals surface area (Å²) in [6.07, 6.45) is 1.66. The van der Waals surface area contributed by atoms with Gasteiger partial charge in [-0.15, -0.1) is 10.2 Å². The number of carbonyl (C=O) groups is 2. The minimum atomic E-state index is -0.324. The summed E-state index contributed by atoms with van der Waals surface area (Å²) in [4.78, 5) is 24.7. The lowest BCUT2D eigenvalue weighted by Crippen LogP contribution is -2.24. The molecule has 0 saturated heterocycles. The van der Waals surface area contributed by atoms with Crippen LogP contribution in [-0.2, 0) is 16.0 Å². The number of thioether (sulfide) groups is 1. The van der Waals surface area contributed by atoms with Gasteiger partial charge >= 0.3 is 0 Å². The Morgan fingerprint density at radius 3 is 2.50 bits per heavy atom. The van der Waals surface area contributed by atoms with Gasteiger partial charge in [0.25, 0.3) is 0 Å². The van der Waals surface area contributed by atoms with Crippen molar-refractivity contribution >= 4 is 57.3 Å². The van der Waals surface area contributed by atoms with Crippen molar-refractivity contribution in [2.75, 3.05) is 10.6 Å². The molecule has 1 atom stereocenters. The van der Waals surface area contributed by atoms with Crippen LogP contribution in [0.4, 0.5) is 10.8 Å². The highest BCUT2D eigenvalue weighted by molar-refractivity contribution is 8.02. The average molecular weight is 461 g/mol. The average Bonchev–Trinajstić information content (AvgIpc) is 3.19. The first-order chi connectivity index (χ1) is 14.5. The van der Waals surface area contributed by atoms with Crippen LogP contribution in [0.25, 0.3) is 0 Å². The molecule has 0 fully saturated rings. The maximum Gasteiger partial charge on any atom is 0.237 e. The number of nitrogens with zero attached hydrogens (tertiary/aromatic N) is 2. The van der Waals surface area contributed by atoms with Gasteiger partial charge < -0.3 is 10.6 Å². The lowest BCUT2D eigenvalue weighted by atomic mass is 10.1. The third-order valence-corrected chi connectivity index (χ3v) is 6.69. The van der Waals surface area contributed by atoms with E-state index in [2.05, 4.69) is 20.8 Å². The van der Waals surface area contributed by atoms with E-state index in [0.717, 1.165) is 5.56 Å². The number of halogens is 1. The molecule has 2 amide bonds. The van der Waals surface area contributed by atoms with E-state index in [9.17, 15) is 9.59 Å². The highest BCUT2D eigenvalue weighted by Crippen LogP contribution is 2.31. The zero-order chi connectivity index (χ0) is 21.3. The number of hydrogen-bond donors (Lipinski definition) is 2. The number of anilines is 2. The Bertz CT molecular complexity index is 980. The Hall–Kier alpha value is -2.42. The summed E-state index contributed by atoms with van der Waals surface area (Å²) in [6, 6.07) is 16.8. The predicted octanol–water partition coefficient (Wildman–Crippen LogP) is 5.27. The zero-order valence-corrected chi connectivity index (χ0v) is 18.7. The fourth-order valence-corrected chi connectivity index (χ4v) is 4.65. The van der Waals surface area contributed by atoms with E-state index in [1.54, 1.807) is 24.3 Å². The molecule has 6 nitrogen and oxygen atoms in total. The molecular formula is C21H21ClN4O2S2. The molecule has 3 rings (SSSR count). The molecule has 0 spiro atoms. The molecule has 0 aliphatic heterocycles. The molecule has 1 aromatic heterocycles. The maximum absolute atomic E-state index is 12.6. The quantitative estimate of drug-likeness (QED) is 0.335. The normalized spacial score (nSPS) is 11.7. The van der Waals surface area contributed by atoms with Crippen LogP contribution in [0, 0.1) is 0 Å². The van der Waals surface area contributed by atoms with Gasteiger partial charge in [0.15, 0.2) is 4.34 Å².